The van der Waals surface area contributed by atoms with E-state index in [4.69, 9.17) is 16.7 Å². The summed E-state index contributed by atoms with van der Waals surface area (Å²) in [6.07, 6.45) is 0. The van der Waals surface area contributed by atoms with Crippen LogP contribution in [0.25, 0.3) is 0 Å². The average Bonchev–Trinajstić information content (AvgIpc) is 2.22. The van der Waals surface area contributed by atoms with Gasteiger partial charge in [-0.15, -0.1) is 0 Å². The van der Waals surface area contributed by atoms with Crippen molar-refractivity contribution in [3.05, 3.63) is 28.8 Å². The SMILES string of the molecule is CC(C)C(NCc1cc(Cl)ccc1O)C(=O)O. The maximum atomic E-state index is 11.0. The predicted octanol–water partition coefficient (Wildman–Crippen LogP) is 2.24. The van der Waals surface area contributed by atoms with Crippen LogP contribution in [0.2, 0.25) is 5.02 Å². The third-order valence-electron chi connectivity index (χ3n) is 2.49. The van der Waals surface area contributed by atoms with Crippen LogP contribution in [0.4, 0.5) is 0 Å². The number of aliphatic carboxylic acids is 1. The molecule has 0 amide bonds. The van der Waals surface area contributed by atoms with Gasteiger partial charge < -0.3 is 10.2 Å². The number of carboxylic acids is 1. The van der Waals surface area contributed by atoms with Crippen LogP contribution < -0.4 is 5.32 Å². The van der Waals surface area contributed by atoms with E-state index < -0.39 is 12.0 Å². The Morgan fingerprint density at radius 1 is 1.47 bits per heavy atom. The van der Waals surface area contributed by atoms with Crippen molar-refractivity contribution in [2.45, 2.75) is 26.4 Å². The van der Waals surface area contributed by atoms with Crippen LogP contribution in [-0.4, -0.2) is 22.2 Å². The fraction of sp³-hybridized carbons (Fsp3) is 0.417. The monoisotopic (exact) mass is 257 g/mol. The van der Waals surface area contributed by atoms with Crippen molar-refractivity contribution < 1.29 is 15.0 Å². The number of hydrogen-bond donors (Lipinski definition) is 3. The summed E-state index contributed by atoms with van der Waals surface area (Å²) in [4.78, 5) is 11.0. The highest BCUT2D eigenvalue weighted by atomic mass is 35.5. The molecular weight excluding hydrogens is 242 g/mol. The van der Waals surface area contributed by atoms with Crippen LogP contribution in [-0.2, 0) is 11.3 Å². The molecule has 1 unspecified atom stereocenters. The molecule has 1 aromatic carbocycles. The molecule has 0 radical (unpaired) electrons. The molecule has 0 saturated heterocycles. The second-order valence-electron chi connectivity index (χ2n) is 4.21. The lowest BCUT2D eigenvalue weighted by Gasteiger charge is -2.18. The molecule has 5 heteroatoms. The van der Waals surface area contributed by atoms with Gasteiger partial charge in [-0.1, -0.05) is 25.4 Å². The van der Waals surface area contributed by atoms with E-state index in [-0.39, 0.29) is 18.2 Å². The van der Waals surface area contributed by atoms with E-state index in [1.807, 2.05) is 13.8 Å². The largest absolute Gasteiger partial charge is 0.508 e. The predicted molar refractivity (Wildman–Crippen MR) is 66.2 cm³/mol. The van der Waals surface area contributed by atoms with Gasteiger partial charge in [0.05, 0.1) is 0 Å². The molecule has 0 bridgehead atoms. The number of halogens is 1. The first-order chi connectivity index (χ1) is 7.91. The Balaban J connectivity index is 2.72. The third-order valence-corrected chi connectivity index (χ3v) is 2.72. The number of hydrogen-bond acceptors (Lipinski definition) is 3. The van der Waals surface area contributed by atoms with Crippen LogP contribution in [0.3, 0.4) is 0 Å². The minimum atomic E-state index is -0.901. The van der Waals surface area contributed by atoms with Gasteiger partial charge in [-0.2, -0.15) is 0 Å². The van der Waals surface area contributed by atoms with E-state index in [9.17, 15) is 9.90 Å². The molecule has 0 heterocycles. The molecule has 0 aliphatic rings. The van der Waals surface area contributed by atoms with Crippen molar-refractivity contribution in [1.82, 2.24) is 5.32 Å². The highest BCUT2D eigenvalue weighted by Crippen LogP contribution is 2.21. The molecular formula is C12H16ClNO3. The molecule has 17 heavy (non-hydrogen) atoms. The first-order valence-corrected chi connectivity index (χ1v) is 5.73. The summed E-state index contributed by atoms with van der Waals surface area (Å²) in [5.41, 5.74) is 0.587. The third kappa shape index (κ3) is 3.91. The summed E-state index contributed by atoms with van der Waals surface area (Å²) < 4.78 is 0. The van der Waals surface area contributed by atoms with Crippen LogP contribution in [0.1, 0.15) is 19.4 Å². The van der Waals surface area contributed by atoms with Crippen molar-refractivity contribution in [3.63, 3.8) is 0 Å². The van der Waals surface area contributed by atoms with Gasteiger partial charge >= 0.3 is 5.97 Å². The number of aromatic hydroxyl groups is 1. The molecule has 0 aliphatic carbocycles. The minimum Gasteiger partial charge on any atom is -0.508 e. The summed E-state index contributed by atoms with van der Waals surface area (Å²) in [5, 5.41) is 22.0. The van der Waals surface area contributed by atoms with Crippen LogP contribution in [0.15, 0.2) is 18.2 Å². The smallest absolute Gasteiger partial charge is 0.320 e. The first kappa shape index (κ1) is 13.8. The molecule has 3 N–H and O–H groups in total. The number of carbonyl (C=O) groups is 1. The van der Waals surface area contributed by atoms with E-state index in [2.05, 4.69) is 5.32 Å². The molecule has 1 aromatic rings. The average molecular weight is 258 g/mol. The highest BCUT2D eigenvalue weighted by Gasteiger charge is 2.20. The minimum absolute atomic E-state index is 0.0335. The summed E-state index contributed by atoms with van der Waals surface area (Å²) >= 11 is 5.80. The Kier molecular flexibility index (Phi) is 4.78. The normalized spacial score (nSPS) is 12.7. The number of carboxylic acid groups (broad SMARTS) is 1. The molecule has 94 valence electrons. The van der Waals surface area contributed by atoms with Crippen molar-refractivity contribution in [3.8, 4) is 5.75 Å². The van der Waals surface area contributed by atoms with E-state index >= 15 is 0 Å². The number of phenols is 1. The number of benzene rings is 1. The Hall–Kier alpha value is -1.26. The quantitative estimate of drug-likeness (QED) is 0.757. The highest BCUT2D eigenvalue weighted by molar-refractivity contribution is 6.30. The molecule has 1 rings (SSSR count). The van der Waals surface area contributed by atoms with Crippen LogP contribution in [0.5, 0.6) is 5.75 Å². The summed E-state index contributed by atoms with van der Waals surface area (Å²) in [5.74, 6) is -0.829. The van der Waals surface area contributed by atoms with E-state index in [0.29, 0.717) is 10.6 Å². The number of nitrogens with one attached hydrogen (secondary N) is 1. The van der Waals surface area contributed by atoms with E-state index in [1.54, 1.807) is 12.1 Å². The number of phenolic OH excluding ortho intramolecular Hbond substituents is 1. The lowest BCUT2D eigenvalue weighted by Crippen LogP contribution is -2.40. The van der Waals surface area contributed by atoms with Gasteiger partial charge in [0.25, 0.3) is 0 Å². The zero-order chi connectivity index (χ0) is 13.0. The lowest BCUT2D eigenvalue weighted by molar-refractivity contribution is -0.140. The van der Waals surface area contributed by atoms with Crippen molar-refractivity contribution >= 4 is 17.6 Å². The van der Waals surface area contributed by atoms with Crippen LogP contribution in [0, 0.1) is 5.92 Å². The molecule has 0 spiro atoms. The molecule has 0 fully saturated rings. The van der Waals surface area contributed by atoms with Crippen LogP contribution >= 0.6 is 11.6 Å². The van der Waals surface area contributed by atoms with Crippen molar-refractivity contribution in [2.75, 3.05) is 0 Å². The Morgan fingerprint density at radius 2 is 2.12 bits per heavy atom. The zero-order valence-electron chi connectivity index (χ0n) is 9.77. The fourth-order valence-electron chi connectivity index (χ4n) is 1.52. The van der Waals surface area contributed by atoms with Gasteiger partial charge in [0.1, 0.15) is 11.8 Å². The maximum Gasteiger partial charge on any atom is 0.320 e. The molecule has 1 atom stereocenters. The van der Waals surface area contributed by atoms with Gasteiger partial charge in [0.2, 0.25) is 0 Å². The Morgan fingerprint density at radius 3 is 2.65 bits per heavy atom. The van der Waals surface area contributed by atoms with E-state index in [1.165, 1.54) is 6.07 Å². The van der Waals surface area contributed by atoms with Gasteiger partial charge in [-0.05, 0) is 24.1 Å². The van der Waals surface area contributed by atoms with Crippen molar-refractivity contribution in [2.24, 2.45) is 5.92 Å². The second-order valence-corrected chi connectivity index (χ2v) is 4.65. The molecule has 0 aliphatic heterocycles. The number of rotatable bonds is 5. The Bertz CT molecular complexity index is 407. The molecule has 0 aromatic heterocycles. The molecule has 0 saturated carbocycles. The van der Waals surface area contributed by atoms with Crippen molar-refractivity contribution in [1.29, 1.82) is 0 Å². The summed E-state index contributed by atoms with van der Waals surface area (Å²) in [6, 6.07) is 4.04. The summed E-state index contributed by atoms with van der Waals surface area (Å²) in [7, 11) is 0. The van der Waals surface area contributed by atoms with Gasteiger partial charge in [0, 0.05) is 17.1 Å². The lowest BCUT2D eigenvalue weighted by atomic mass is 10.0. The van der Waals surface area contributed by atoms with Gasteiger partial charge in [0.15, 0.2) is 0 Å². The molecule has 4 nitrogen and oxygen atoms in total. The van der Waals surface area contributed by atoms with E-state index in [0.717, 1.165) is 0 Å². The van der Waals surface area contributed by atoms with Gasteiger partial charge in [-0.3, -0.25) is 10.1 Å². The van der Waals surface area contributed by atoms with Gasteiger partial charge in [-0.25, -0.2) is 0 Å². The Labute approximate surface area is 105 Å². The summed E-state index contributed by atoms with van der Waals surface area (Å²) in [6.45, 7) is 3.91. The maximum absolute atomic E-state index is 11.0. The first-order valence-electron chi connectivity index (χ1n) is 5.35. The zero-order valence-corrected chi connectivity index (χ0v) is 10.5. The topological polar surface area (TPSA) is 69.6 Å². The standard InChI is InChI=1S/C12H16ClNO3/c1-7(2)11(12(16)17)14-6-8-5-9(13)3-4-10(8)15/h3-5,7,11,14-15H,6H2,1-2H3,(H,16,17). The fourth-order valence-corrected chi connectivity index (χ4v) is 1.72. The second kappa shape index (κ2) is 5.89.